The number of aliphatic hydroxyl groups is 4. The van der Waals surface area contributed by atoms with Gasteiger partial charge in [0.25, 0.3) is 6.47 Å². The van der Waals surface area contributed by atoms with Gasteiger partial charge in [-0.15, -0.1) is 0 Å². The molecule has 0 aromatic carbocycles. The van der Waals surface area contributed by atoms with Crippen LogP contribution in [0.25, 0.3) is 0 Å². The van der Waals surface area contributed by atoms with Crippen molar-refractivity contribution in [1.82, 2.24) is 10.6 Å². The summed E-state index contributed by atoms with van der Waals surface area (Å²) in [5.74, 6) is -1.11. The van der Waals surface area contributed by atoms with E-state index in [0.29, 0.717) is 32.5 Å². The van der Waals surface area contributed by atoms with Crippen molar-refractivity contribution < 1.29 is 206 Å². The summed E-state index contributed by atoms with van der Waals surface area (Å²) in [7, 11) is 3.69. The minimum Gasteiger partial charge on any atom is -1.00 e. The zero-order valence-corrected chi connectivity index (χ0v) is 57.1. The number of rotatable bonds is 20. The van der Waals surface area contributed by atoms with Crippen LogP contribution in [0.3, 0.4) is 0 Å². The van der Waals surface area contributed by atoms with Crippen LogP contribution >= 0.6 is 0 Å². The zero-order chi connectivity index (χ0) is 60.6. The van der Waals surface area contributed by atoms with E-state index in [9.17, 15) is 39.3 Å². The molecule has 6 aliphatic rings. The average Bonchev–Trinajstić information content (AvgIpc) is 3.64. The van der Waals surface area contributed by atoms with Crippen molar-refractivity contribution in [3.05, 3.63) is 71.9 Å². The maximum Gasteiger partial charge on any atom is 1.00 e. The molecule has 2 amide bonds. The fourth-order valence-electron chi connectivity index (χ4n) is 10.0. The summed E-state index contributed by atoms with van der Waals surface area (Å²) >= 11 is 0. The van der Waals surface area contributed by atoms with Crippen molar-refractivity contribution >= 4 is 36.2 Å². The minimum absolute atomic E-state index is 0. The second-order valence-corrected chi connectivity index (χ2v) is 21.5. The van der Waals surface area contributed by atoms with E-state index in [1.54, 1.807) is 19.9 Å². The molecule has 0 radical (unpaired) electrons. The van der Waals surface area contributed by atoms with E-state index in [4.69, 9.17) is 57.8 Å². The van der Waals surface area contributed by atoms with E-state index in [1.165, 1.54) is 39.4 Å². The second kappa shape index (κ2) is 39.9. The van der Waals surface area contributed by atoms with Gasteiger partial charge >= 0.3 is 121 Å². The first-order chi connectivity index (χ1) is 38.4. The number of nitrogens with one attached hydrogen (secondary N) is 2. The number of carbonyl (C=O) groups excluding carboxylic acids is 6. The average molecular weight is 1230 g/mol. The molecule has 0 unspecified atom stereocenters. The van der Waals surface area contributed by atoms with Gasteiger partial charge in [-0.25, -0.2) is 0 Å². The third kappa shape index (κ3) is 27.6. The van der Waals surface area contributed by atoms with Gasteiger partial charge < -0.3 is 85.3 Å². The number of esters is 3. The van der Waals surface area contributed by atoms with Crippen molar-refractivity contribution in [2.24, 2.45) is 11.8 Å². The molecule has 25 heteroatoms. The fourth-order valence-corrected chi connectivity index (χ4v) is 10.0. The Morgan fingerprint density at radius 2 is 1.05 bits per heavy atom. The van der Waals surface area contributed by atoms with Gasteiger partial charge in [0, 0.05) is 39.0 Å². The molecule has 6 rings (SSSR count). The number of allylic oxidation sites excluding steroid dienone is 4. The van der Waals surface area contributed by atoms with E-state index < -0.39 is 53.8 Å². The van der Waals surface area contributed by atoms with Crippen LogP contribution in [0.2, 0.25) is 0 Å². The van der Waals surface area contributed by atoms with Gasteiger partial charge in [-0.05, 0) is 85.1 Å². The zero-order valence-electron chi connectivity index (χ0n) is 51.9. The molecule has 6 aliphatic heterocycles. The van der Waals surface area contributed by atoms with Crippen LogP contribution in [0.1, 0.15) is 115 Å². The van der Waals surface area contributed by atoms with Crippen molar-refractivity contribution in [3.8, 4) is 0 Å². The Morgan fingerprint density at radius 1 is 0.675 bits per heavy atom. The Balaban J connectivity index is 0.00000145. The van der Waals surface area contributed by atoms with Gasteiger partial charge in [-0.3, -0.25) is 28.8 Å². The molecule has 23 nitrogen and oxygen atoms in total. The van der Waals surface area contributed by atoms with Gasteiger partial charge in [0.1, 0.15) is 41.7 Å². The number of aliphatic hydroxyl groups excluding tert-OH is 4. The smallest absolute Gasteiger partial charge is 1.00 e. The van der Waals surface area contributed by atoms with Crippen molar-refractivity contribution in [2.45, 2.75) is 210 Å². The molecule has 6 saturated heterocycles. The van der Waals surface area contributed by atoms with E-state index in [2.05, 4.69) is 41.5 Å². The van der Waals surface area contributed by atoms with Crippen LogP contribution < -0.4 is 119 Å². The Kier molecular flexibility index (Phi) is 38.0. The summed E-state index contributed by atoms with van der Waals surface area (Å²) in [5.41, 5.74) is 0.725. The number of methoxy groups -OCH3 is 2. The third-order valence-electron chi connectivity index (χ3n) is 14.8. The minimum atomic E-state index is -0.801. The molecule has 0 aliphatic carbocycles. The van der Waals surface area contributed by atoms with Crippen LogP contribution in [0, 0.1) is 11.8 Å². The molecule has 0 saturated carbocycles. The monoisotopic (exact) mass is 1230 g/mol. The Labute approximate surface area is 575 Å². The predicted molar refractivity (Wildman–Crippen MR) is 292 cm³/mol. The summed E-state index contributed by atoms with van der Waals surface area (Å²) < 4.78 is 50.0. The number of hydrogen-bond acceptors (Lipinski definition) is 21. The number of ether oxygens (including phenoxy) is 9. The Morgan fingerprint density at radius 3 is 1.37 bits per heavy atom. The molecule has 0 aromatic heterocycles. The first-order valence-corrected chi connectivity index (χ1v) is 27.5. The Bertz CT molecular complexity index is 2220. The fraction of sp³-hybridized carbons (Fsp3) is 0.690. The second-order valence-electron chi connectivity index (χ2n) is 21.5. The van der Waals surface area contributed by atoms with Crippen LogP contribution in [0.5, 0.6) is 0 Å². The molecule has 6 heterocycles. The van der Waals surface area contributed by atoms with Crippen molar-refractivity contribution in [1.29, 1.82) is 0 Å². The Hall–Kier alpha value is -1.91. The molecule has 460 valence electrons. The first kappa shape index (κ1) is 79.1. The topological polar surface area (TPSA) is 329 Å². The molecule has 2 spiro atoms. The first-order valence-electron chi connectivity index (χ1n) is 27.5. The molecule has 6 fully saturated rings. The van der Waals surface area contributed by atoms with Crippen molar-refractivity contribution in [3.63, 3.8) is 0 Å². The summed E-state index contributed by atoms with van der Waals surface area (Å²) in [4.78, 5) is 70.1. The quantitative estimate of drug-likeness (QED) is 0.00799. The van der Waals surface area contributed by atoms with Crippen LogP contribution in [-0.2, 0) is 76.3 Å². The largest absolute Gasteiger partial charge is 1.00 e. The molecule has 0 bridgehead atoms. The molecule has 0 aromatic rings. The summed E-state index contributed by atoms with van der Waals surface area (Å²) in [5, 5.41) is 52.2. The van der Waals surface area contributed by atoms with Crippen molar-refractivity contribution in [2.75, 3.05) is 34.5 Å². The normalized spacial score (nSPS) is 33.5. The summed E-state index contributed by atoms with van der Waals surface area (Å²) in [6, 6.07) is -0.213. The van der Waals surface area contributed by atoms with E-state index in [-0.39, 0.29) is 208 Å². The van der Waals surface area contributed by atoms with Crippen LogP contribution in [0.4, 0.5) is 0 Å². The van der Waals surface area contributed by atoms with Crippen LogP contribution in [-0.4, -0.2) is 188 Å². The van der Waals surface area contributed by atoms with Crippen LogP contribution in [0.15, 0.2) is 71.9 Å². The standard InChI is InChI=1S/C29H43NO9.C27H41NO8.CH2O3.CH4O.2K.H/c1-17(8-11-25-28(34)29(16-36-29)15-22(39-25)14-27(33)35-6)7-10-24-18(2)13-23(20(4)38-24)30-26(32)12-9-19(3)37-21(5)31;1-16(7-10-23-26(32)27(15-34-27)14-20(36-23)13-25(31)33-5)6-9-22-17(2)12-21(19(4)35-22)28-24(30)11-8-18(3)29;2-1-4-3;1-2;;;/h7-9,11-12,18-20,22-25,28,34H,10,13-16H2,1-6H3,(H,30,32);6-8,10-11,17-23,26,29,32H,9,12-15H2,1-5H3,(H,28,30);1,3H;2H,1H3;;;/q;;;;2*+1;-1/p-1/b11-8+,12-9-,17-7+;10-7+,11-8-,16-6+;;;;;/t18-,19-,20+,22+,23+,24-,25+,28+,29+;17-,18-,19+,20+,21+,22-,23+,26+,27+;;;;;/m00...../s1. The van der Waals surface area contributed by atoms with Gasteiger partial charge in [0.2, 0.25) is 11.8 Å². The SMILES string of the molecule is CO.COC(=O)C[C@@H]1C[C@@]2(CO2)[C@H](O)[C@@H](/C=C/C(C)=C/C[C@@H]2O[C@H](C)[C@H](NC(=O)/C=C\[C@H](C)O)C[C@@H]2C)O1.COC(=O)C[C@@H]1C[C@@]2(CO2)[C@H](O)[C@@H](/C=C/C(C)=C/C[C@@H]2O[C@H](C)[C@H](NC(=O)/C=C\[C@H](C)OC(C)=O)C[C@@H]2C)O1.O=CO[O-].[H-].[K+].[K+]. The number of hydrogen-bond donors (Lipinski definition) is 6. The van der Waals surface area contributed by atoms with Gasteiger partial charge in [0.05, 0.1) is 95.1 Å². The number of carbonyl (C=O) groups is 6. The summed E-state index contributed by atoms with van der Waals surface area (Å²) in [6.45, 7) is 17.4. The number of amides is 2. The predicted octanol–water partition coefficient (Wildman–Crippen LogP) is -3.34. The molecule has 83 heavy (non-hydrogen) atoms. The van der Waals surface area contributed by atoms with E-state index in [1.807, 2.05) is 52.0 Å². The maximum absolute atomic E-state index is 12.3. The third-order valence-corrected chi connectivity index (χ3v) is 14.8. The summed E-state index contributed by atoms with van der Waals surface area (Å²) in [6.07, 6.45) is 16.7. The molecule has 6 N–H and O–H groups in total. The molecule has 18 atom stereocenters. The maximum atomic E-state index is 12.3. The van der Waals surface area contributed by atoms with Gasteiger partial charge in [-0.2, -0.15) is 0 Å². The van der Waals surface area contributed by atoms with Gasteiger partial charge in [-0.1, -0.05) is 67.5 Å². The van der Waals surface area contributed by atoms with Gasteiger partial charge in [0.15, 0.2) is 0 Å². The van der Waals surface area contributed by atoms with E-state index >= 15 is 0 Å². The van der Waals surface area contributed by atoms with E-state index in [0.717, 1.165) is 37.5 Å². The number of epoxide rings is 2. The molecular formula is C58H90K2N2O21. The molecular weight excluding hydrogens is 1140 g/mol.